The molecule has 1 aliphatic heterocycles. The Morgan fingerprint density at radius 3 is 2.76 bits per heavy atom. The number of aliphatic imine (C=N–C) groups is 1. The van der Waals surface area contributed by atoms with Gasteiger partial charge in [0.25, 0.3) is 0 Å². The summed E-state index contributed by atoms with van der Waals surface area (Å²) in [5.41, 5.74) is 7.47. The highest BCUT2D eigenvalue weighted by Crippen LogP contribution is 2.24. The van der Waals surface area contributed by atoms with Crippen molar-refractivity contribution in [2.45, 2.75) is 25.8 Å². The van der Waals surface area contributed by atoms with Crippen molar-refractivity contribution in [3.63, 3.8) is 0 Å². The van der Waals surface area contributed by atoms with Gasteiger partial charge in [0.1, 0.15) is 12.4 Å². The first-order valence-electron chi connectivity index (χ1n) is 5.64. The van der Waals surface area contributed by atoms with E-state index in [4.69, 9.17) is 15.2 Å². The number of nitrogens with two attached hydrogens (primary N) is 1. The molecule has 2 N–H and O–H groups in total. The Bertz CT molecular complexity index is 453. The maximum absolute atomic E-state index is 5.85. The average Bonchev–Trinajstić information content (AvgIpc) is 2.58. The molecule has 1 aromatic rings. The quantitative estimate of drug-likeness (QED) is 0.814. The summed E-state index contributed by atoms with van der Waals surface area (Å²) in [7, 11) is 1.61. The molecule has 92 valence electrons. The van der Waals surface area contributed by atoms with Gasteiger partial charge in [0.15, 0.2) is 5.90 Å². The molecule has 1 aliphatic rings. The van der Waals surface area contributed by atoms with E-state index in [9.17, 15) is 0 Å². The molecule has 0 fully saturated rings. The van der Waals surface area contributed by atoms with Crippen LogP contribution < -0.4 is 10.5 Å². The van der Waals surface area contributed by atoms with E-state index in [0.29, 0.717) is 24.5 Å². The fraction of sp³-hybridized carbons (Fsp3) is 0.462. The minimum Gasteiger partial charge on any atom is -0.495 e. The number of nitrogen functional groups attached to an aromatic ring is 1. The van der Waals surface area contributed by atoms with Crippen LogP contribution >= 0.6 is 0 Å². The molecule has 4 heteroatoms. The Hall–Kier alpha value is -1.71. The molecule has 0 unspecified atom stereocenters. The monoisotopic (exact) mass is 234 g/mol. The third-order valence-electron chi connectivity index (χ3n) is 2.67. The summed E-state index contributed by atoms with van der Waals surface area (Å²) in [5, 5.41) is 0. The van der Waals surface area contributed by atoms with Gasteiger partial charge in [-0.2, -0.15) is 0 Å². The van der Waals surface area contributed by atoms with Crippen molar-refractivity contribution in [3.05, 3.63) is 23.8 Å². The fourth-order valence-electron chi connectivity index (χ4n) is 1.82. The van der Waals surface area contributed by atoms with Gasteiger partial charge in [0.05, 0.1) is 18.3 Å². The molecule has 0 spiro atoms. The molecule has 0 atom stereocenters. The van der Waals surface area contributed by atoms with Crippen molar-refractivity contribution in [2.75, 3.05) is 19.5 Å². The standard InChI is InChI=1S/C13H18N2O2/c1-13(2)8-17-12(15-13)7-9-4-5-11(16-3)10(14)6-9/h4-6H,7-8,14H2,1-3H3. The molecule has 1 heterocycles. The van der Waals surface area contributed by atoms with Crippen molar-refractivity contribution < 1.29 is 9.47 Å². The zero-order valence-electron chi connectivity index (χ0n) is 10.5. The number of benzene rings is 1. The van der Waals surface area contributed by atoms with Crippen molar-refractivity contribution >= 4 is 11.6 Å². The molecule has 0 radical (unpaired) electrons. The third-order valence-corrected chi connectivity index (χ3v) is 2.67. The number of methoxy groups -OCH3 is 1. The molecular weight excluding hydrogens is 216 g/mol. The van der Waals surface area contributed by atoms with E-state index in [1.807, 2.05) is 18.2 Å². The van der Waals surface area contributed by atoms with Crippen LogP contribution in [0.2, 0.25) is 0 Å². The van der Waals surface area contributed by atoms with Gasteiger partial charge in [-0.05, 0) is 31.5 Å². The predicted molar refractivity (Wildman–Crippen MR) is 68.6 cm³/mol. The highest BCUT2D eigenvalue weighted by molar-refractivity contribution is 5.81. The largest absolute Gasteiger partial charge is 0.495 e. The highest BCUT2D eigenvalue weighted by Gasteiger charge is 2.26. The topological polar surface area (TPSA) is 56.8 Å². The molecule has 17 heavy (non-hydrogen) atoms. The minimum absolute atomic E-state index is 0.104. The number of nitrogens with zero attached hydrogens (tertiary/aromatic N) is 1. The number of hydrogen-bond acceptors (Lipinski definition) is 4. The summed E-state index contributed by atoms with van der Waals surface area (Å²) in [6.45, 7) is 4.76. The minimum atomic E-state index is -0.104. The molecule has 0 bridgehead atoms. The lowest BCUT2D eigenvalue weighted by molar-refractivity contribution is 0.275. The van der Waals surface area contributed by atoms with Gasteiger partial charge >= 0.3 is 0 Å². The van der Waals surface area contributed by atoms with E-state index < -0.39 is 0 Å². The van der Waals surface area contributed by atoms with Crippen LogP contribution in [0.1, 0.15) is 19.4 Å². The third kappa shape index (κ3) is 2.70. The van der Waals surface area contributed by atoms with Gasteiger partial charge in [-0.15, -0.1) is 0 Å². The molecule has 4 nitrogen and oxygen atoms in total. The molecular formula is C13H18N2O2. The van der Waals surface area contributed by atoms with Gasteiger partial charge in [0.2, 0.25) is 0 Å². The van der Waals surface area contributed by atoms with Gasteiger partial charge < -0.3 is 15.2 Å². The molecule has 0 aromatic heterocycles. The maximum Gasteiger partial charge on any atom is 0.188 e. The molecule has 0 amide bonds. The van der Waals surface area contributed by atoms with Crippen LogP contribution in [-0.2, 0) is 11.2 Å². The summed E-state index contributed by atoms with van der Waals surface area (Å²) in [4.78, 5) is 4.51. The van der Waals surface area contributed by atoms with E-state index >= 15 is 0 Å². The lowest BCUT2D eigenvalue weighted by Gasteiger charge is -2.07. The van der Waals surface area contributed by atoms with Gasteiger partial charge in [-0.25, -0.2) is 4.99 Å². The van der Waals surface area contributed by atoms with Crippen LogP contribution in [0.15, 0.2) is 23.2 Å². The van der Waals surface area contributed by atoms with Crippen LogP contribution in [0, 0.1) is 0 Å². The SMILES string of the molecule is COc1ccc(CC2=NC(C)(C)CO2)cc1N. The lowest BCUT2D eigenvalue weighted by Crippen LogP contribution is -2.17. The van der Waals surface area contributed by atoms with E-state index in [1.165, 1.54) is 0 Å². The molecule has 2 rings (SSSR count). The van der Waals surface area contributed by atoms with Crippen LogP contribution in [0.25, 0.3) is 0 Å². The number of rotatable bonds is 3. The summed E-state index contributed by atoms with van der Waals surface area (Å²) in [6, 6.07) is 5.74. The predicted octanol–water partition coefficient (Wildman–Crippen LogP) is 2.03. The maximum atomic E-state index is 5.85. The fourth-order valence-corrected chi connectivity index (χ4v) is 1.82. The molecule has 0 aliphatic carbocycles. The van der Waals surface area contributed by atoms with E-state index in [-0.39, 0.29) is 5.54 Å². The first kappa shape index (κ1) is 11.8. The van der Waals surface area contributed by atoms with Crippen LogP contribution in [0.5, 0.6) is 5.75 Å². The van der Waals surface area contributed by atoms with Crippen LogP contribution in [0.3, 0.4) is 0 Å². The Balaban J connectivity index is 2.12. The van der Waals surface area contributed by atoms with E-state index in [0.717, 1.165) is 11.5 Å². The van der Waals surface area contributed by atoms with Gasteiger partial charge in [0, 0.05) is 6.42 Å². The summed E-state index contributed by atoms with van der Waals surface area (Å²) < 4.78 is 10.7. The molecule has 0 saturated heterocycles. The van der Waals surface area contributed by atoms with Crippen molar-refractivity contribution in [3.8, 4) is 5.75 Å². The second kappa shape index (κ2) is 4.28. The number of anilines is 1. The first-order valence-corrected chi connectivity index (χ1v) is 5.64. The Labute approximate surface area is 101 Å². The summed E-state index contributed by atoms with van der Waals surface area (Å²) in [5.74, 6) is 1.47. The van der Waals surface area contributed by atoms with E-state index in [1.54, 1.807) is 7.11 Å². The van der Waals surface area contributed by atoms with Crippen LogP contribution in [0.4, 0.5) is 5.69 Å². The summed E-state index contributed by atoms with van der Waals surface area (Å²) >= 11 is 0. The Morgan fingerprint density at radius 1 is 1.47 bits per heavy atom. The second-order valence-corrected chi connectivity index (χ2v) is 4.86. The Kier molecular flexibility index (Phi) is 2.96. The van der Waals surface area contributed by atoms with Crippen molar-refractivity contribution in [2.24, 2.45) is 4.99 Å². The highest BCUT2D eigenvalue weighted by atomic mass is 16.5. The van der Waals surface area contributed by atoms with Crippen molar-refractivity contribution in [1.82, 2.24) is 0 Å². The first-order chi connectivity index (χ1) is 8.00. The van der Waals surface area contributed by atoms with Gasteiger partial charge in [-0.1, -0.05) is 6.07 Å². The lowest BCUT2D eigenvalue weighted by atomic mass is 10.1. The van der Waals surface area contributed by atoms with E-state index in [2.05, 4.69) is 18.8 Å². The zero-order chi connectivity index (χ0) is 12.5. The number of ether oxygens (including phenoxy) is 2. The van der Waals surface area contributed by atoms with Gasteiger partial charge in [-0.3, -0.25) is 0 Å². The Morgan fingerprint density at radius 2 is 2.24 bits per heavy atom. The molecule has 1 aromatic carbocycles. The summed E-state index contributed by atoms with van der Waals surface area (Å²) in [6.07, 6.45) is 0.678. The van der Waals surface area contributed by atoms with Crippen molar-refractivity contribution in [1.29, 1.82) is 0 Å². The smallest absolute Gasteiger partial charge is 0.188 e. The second-order valence-electron chi connectivity index (χ2n) is 4.86. The number of hydrogen-bond donors (Lipinski definition) is 1. The molecule has 0 saturated carbocycles. The zero-order valence-corrected chi connectivity index (χ0v) is 10.5. The average molecular weight is 234 g/mol. The van der Waals surface area contributed by atoms with Crippen LogP contribution in [-0.4, -0.2) is 25.2 Å². The normalized spacial score (nSPS) is 17.5.